The van der Waals surface area contributed by atoms with Gasteiger partial charge in [-0.15, -0.1) is 0 Å². The van der Waals surface area contributed by atoms with E-state index < -0.39 is 29.6 Å². The van der Waals surface area contributed by atoms with Crippen molar-refractivity contribution in [1.29, 1.82) is 0 Å². The number of amides is 2. The quantitative estimate of drug-likeness (QED) is 0.383. The number of benzene rings is 1. The second-order valence-corrected chi connectivity index (χ2v) is 10.9. The molecule has 3 N–H and O–H groups in total. The average Bonchev–Trinajstić information content (AvgIpc) is 3.19. The van der Waals surface area contributed by atoms with Crippen molar-refractivity contribution in [3.05, 3.63) is 52.0 Å². The summed E-state index contributed by atoms with van der Waals surface area (Å²) in [5, 5.41) is 5.71. The first-order valence-corrected chi connectivity index (χ1v) is 12.7. The van der Waals surface area contributed by atoms with Crippen molar-refractivity contribution in [2.45, 2.75) is 70.7 Å². The Labute approximate surface area is 217 Å². The van der Waals surface area contributed by atoms with Crippen LogP contribution in [0, 0.1) is 11.8 Å². The minimum Gasteiger partial charge on any atom is -0.444 e. The molecule has 198 valence electrons. The number of hydrogen-bond donors (Lipinski definition) is 3. The van der Waals surface area contributed by atoms with Crippen LogP contribution < -0.4 is 10.6 Å². The highest BCUT2D eigenvalue weighted by Gasteiger charge is 2.37. The Bertz CT molecular complexity index is 1030. The van der Waals surface area contributed by atoms with E-state index in [0.29, 0.717) is 25.8 Å². The zero-order valence-electron chi connectivity index (χ0n) is 20.5. The van der Waals surface area contributed by atoms with Gasteiger partial charge in [0.05, 0.1) is 6.04 Å². The Morgan fingerprint density at radius 3 is 2.33 bits per heavy atom. The number of carbonyl (C=O) groups excluding carboxylic acids is 2. The number of imidazole rings is 1. The summed E-state index contributed by atoms with van der Waals surface area (Å²) < 4.78 is 44.9. The Kier molecular flexibility index (Phi) is 9.08. The Hall–Kier alpha value is -2.56. The topological polar surface area (TPSA) is 96.1 Å². The first kappa shape index (κ1) is 28.0. The minimum absolute atomic E-state index is 0.0432. The number of nitrogens with zero attached hydrogens (tertiary/aromatic N) is 1. The summed E-state index contributed by atoms with van der Waals surface area (Å²) in [6, 6.07) is 8.47. The molecule has 1 aliphatic carbocycles. The van der Waals surface area contributed by atoms with E-state index in [-0.39, 0.29) is 28.2 Å². The van der Waals surface area contributed by atoms with Crippen LogP contribution in [0.1, 0.15) is 69.6 Å². The summed E-state index contributed by atoms with van der Waals surface area (Å²) in [4.78, 5) is 31.4. The lowest BCUT2D eigenvalue weighted by Gasteiger charge is -2.29. The number of alkyl halides is 3. The monoisotopic (exact) mass is 572 g/mol. The lowest BCUT2D eigenvalue weighted by molar-refractivity contribution is -0.141. The maximum Gasteiger partial charge on any atom is 0.433 e. The third-order valence-corrected chi connectivity index (χ3v) is 6.62. The molecular weight excluding hydrogens is 541 g/mol. The zero-order valence-corrected chi connectivity index (χ0v) is 22.1. The van der Waals surface area contributed by atoms with Gasteiger partial charge >= 0.3 is 12.3 Å². The van der Waals surface area contributed by atoms with Gasteiger partial charge in [-0.05, 0) is 80.3 Å². The molecule has 2 aromatic rings. The van der Waals surface area contributed by atoms with Crippen molar-refractivity contribution in [2.75, 3.05) is 6.54 Å². The van der Waals surface area contributed by atoms with Gasteiger partial charge in [0.1, 0.15) is 16.0 Å². The first-order chi connectivity index (χ1) is 16.8. The van der Waals surface area contributed by atoms with Gasteiger partial charge in [-0.3, -0.25) is 4.79 Å². The van der Waals surface area contributed by atoms with Crippen LogP contribution in [0.3, 0.4) is 0 Å². The van der Waals surface area contributed by atoms with E-state index in [2.05, 4.69) is 36.5 Å². The number of H-pyrrole nitrogens is 1. The van der Waals surface area contributed by atoms with E-state index in [1.165, 1.54) is 0 Å². The molecule has 1 aromatic carbocycles. The fourth-order valence-corrected chi connectivity index (χ4v) is 4.76. The Balaban J connectivity index is 1.61. The number of nitrogens with one attached hydrogen (secondary N) is 3. The number of aromatic amines is 1. The van der Waals surface area contributed by atoms with E-state index in [4.69, 9.17) is 4.74 Å². The summed E-state index contributed by atoms with van der Waals surface area (Å²) in [7, 11) is 0. The molecule has 0 unspecified atom stereocenters. The number of rotatable bonds is 7. The molecule has 1 saturated carbocycles. The first-order valence-electron chi connectivity index (χ1n) is 12.0. The Morgan fingerprint density at radius 2 is 1.78 bits per heavy atom. The molecule has 0 saturated heterocycles. The fraction of sp³-hybridized carbons (Fsp3) is 0.560. The largest absolute Gasteiger partial charge is 0.444 e. The van der Waals surface area contributed by atoms with Crippen LogP contribution in [0.25, 0.3) is 0 Å². The van der Waals surface area contributed by atoms with Crippen LogP contribution in [-0.4, -0.2) is 34.1 Å². The van der Waals surface area contributed by atoms with Crippen molar-refractivity contribution in [1.82, 2.24) is 20.6 Å². The number of hydrogen-bond acceptors (Lipinski definition) is 4. The van der Waals surface area contributed by atoms with Crippen molar-refractivity contribution in [3.8, 4) is 0 Å². The highest BCUT2D eigenvalue weighted by Crippen LogP contribution is 2.35. The minimum atomic E-state index is -4.60. The van der Waals surface area contributed by atoms with E-state index in [9.17, 15) is 22.8 Å². The molecular formula is C25H32BrF3N4O3. The van der Waals surface area contributed by atoms with Crippen molar-refractivity contribution >= 4 is 27.9 Å². The number of ether oxygens (including phenoxy) is 1. The zero-order chi connectivity index (χ0) is 26.5. The van der Waals surface area contributed by atoms with E-state index in [1.807, 2.05) is 30.3 Å². The number of carbonyl (C=O) groups is 2. The molecule has 0 aliphatic heterocycles. The summed E-state index contributed by atoms with van der Waals surface area (Å²) in [5.41, 5.74) is -0.691. The average molecular weight is 573 g/mol. The van der Waals surface area contributed by atoms with E-state index >= 15 is 0 Å². The summed E-state index contributed by atoms with van der Waals surface area (Å²) >= 11 is 2.88. The summed E-state index contributed by atoms with van der Waals surface area (Å²) in [6.45, 7) is 5.87. The van der Waals surface area contributed by atoms with E-state index in [1.54, 1.807) is 20.8 Å². The molecule has 1 aliphatic rings. The number of aromatic nitrogens is 2. The number of alkyl carbamates (subject to hydrolysis) is 1. The molecule has 0 radical (unpaired) electrons. The van der Waals surface area contributed by atoms with Gasteiger partial charge in [0.25, 0.3) is 0 Å². The normalized spacial score (nSPS) is 19.4. The molecule has 0 bridgehead atoms. The predicted octanol–water partition coefficient (Wildman–Crippen LogP) is 5.92. The molecule has 1 atom stereocenters. The van der Waals surface area contributed by atoms with Gasteiger partial charge in [0.2, 0.25) is 5.91 Å². The maximum absolute atomic E-state index is 13.3. The molecule has 7 nitrogen and oxygen atoms in total. The van der Waals surface area contributed by atoms with Gasteiger partial charge in [0.15, 0.2) is 5.69 Å². The highest BCUT2D eigenvalue weighted by atomic mass is 79.9. The van der Waals surface area contributed by atoms with Crippen LogP contribution in [0.4, 0.5) is 18.0 Å². The van der Waals surface area contributed by atoms with Gasteiger partial charge < -0.3 is 20.4 Å². The molecule has 1 aromatic heterocycles. The summed E-state index contributed by atoms with van der Waals surface area (Å²) in [5.74, 6) is -0.198. The number of halogens is 4. The van der Waals surface area contributed by atoms with Gasteiger partial charge in [0, 0.05) is 12.5 Å². The van der Waals surface area contributed by atoms with Crippen LogP contribution in [0.2, 0.25) is 0 Å². The van der Waals surface area contributed by atoms with Crippen molar-refractivity contribution in [2.24, 2.45) is 11.8 Å². The predicted molar refractivity (Wildman–Crippen MR) is 132 cm³/mol. The second-order valence-electron chi connectivity index (χ2n) is 10.1. The molecule has 11 heteroatoms. The maximum atomic E-state index is 13.3. The van der Waals surface area contributed by atoms with Crippen LogP contribution >= 0.6 is 15.9 Å². The van der Waals surface area contributed by atoms with Gasteiger partial charge in [-0.25, -0.2) is 9.78 Å². The molecule has 36 heavy (non-hydrogen) atoms. The van der Waals surface area contributed by atoms with E-state index in [0.717, 1.165) is 18.4 Å². The van der Waals surface area contributed by atoms with Crippen LogP contribution in [-0.2, 0) is 22.1 Å². The molecule has 2 amide bonds. The van der Waals surface area contributed by atoms with Crippen LogP contribution in [0.5, 0.6) is 0 Å². The van der Waals surface area contributed by atoms with Gasteiger partial charge in [-0.2, -0.15) is 13.2 Å². The second kappa shape index (κ2) is 11.7. The SMILES string of the molecule is CC(C)(C)OC(=O)NC[C@H]1CC[C@H](C(=O)N[C@@H](Cc2ccccc2)c2nc(Br)c(C(F)(F)F)[nH]2)CC1. The molecule has 3 rings (SSSR count). The standard InChI is InChI=1S/C25H32BrF3N4O3/c1-24(2,3)36-23(35)30-14-16-9-11-17(12-10-16)22(34)31-18(13-15-7-5-4-6-8-15)21-32-19(20(26)33-21)25(27,28)29/h4-8,16-18H,9-14H2,1-3H3,(H,30,35)(H,31,34)(H,32,33)/t16-,17-,18-/m0/s1. The van der Waals surface area contributed by atoms with Crippen molar-refractivity contribution < 1.29 is 27.5 Å². The third kappa shape index (κ3) is 8.25. The molecule has 1 fully saturated rings. The lowest BCUT2D eigenvalue weighted by Crippen LogP contribution is -2.39. The van der Waals surface area contributed by atoms with Crippen molar-refractivity contribution in [3.63, 3.8) is 0 Å². The lowest BCUT2D eigenvalue weighted by atomic mass is 9.81. The Morgan fingerprint density at radius 1 is 1.14 bits per heavy atom. The highest BCUT2D eigenvalue weighted by molar-refractivity contribution is 9.10. The fourth-order valence-electron chi connectivity index (χ4n) is 4.25. The third-order valence-electron chi connectivity index (χ3n) is 6.04. The smallest absolute Gasteiger partial charge is 0.433 e. The summed E-state index contributed by atoms with van der Waals surface area (Å²) in [6.07, 6.45) is -2.02. The molecule has 1 heterocycles. The van der Waals surface area contributed by atoms with Crippen LogP contribution in [0.15, 0.2) is 34.9 Å². The molecule has 0 spiro atoms. The van der Waals surface area contributed by atoms with Gasteiger partial charge in [-0.1, -0.05) is 30.3 Å².